The Labute approximate surface area is 112 Å². The molecule has 1 aromatic carbocycles. The molecule has 3 aromatic rings. The fourth-order valence-corrected chi connectivity index (χ4v) is 1.88. The molecule has 0 saturated heterocycles. The van der Waals surface area contributed by atoms with Crippen LogP contribution in [0.5, 0.6) is 0 Å². The van der Waals surface area contributed by atoms with E-state index in [1.54, 1.807) is 0 Å². The molecule has 0 amide bonds. The van der Waals surface area contributed by atoms with Gasteiger partial charge >= 0.3 is 0 Å². The van der Waals surface area contributed by atoms with Gasteiger partial charge in [-0.3, -0.25) is 5.10 Å². The lowest BCUT2D eigenvalue weighted by molar-refractivity contribution is 1.13. The highest BCUT2D eigenvalue weighted by Crippen LogP contribution is 2.22. The molecule has 0 spiro atoms. The van der Waals surface area contributed by atoms with Crippen LogP contribution in [-0.2, 0) is 0 Å². The quantitative estimate of drug-likeness (QED) is 0.698. The van der Waals surface area contributed by atoms with Gasteiger partial charge < -0.3 is 5.73 Å². The van der Waals surface area contributed by atoms with E-state index in [2.05, 4.69) is 34.2 Å². The van der Waals surface area contributed by atoms with E-state index < -0.39 is 0 Å². The first-order valence-electron chi connectivity index (χ1n) is 6.42. The highest BCUT2D eigenvalue weighted by Gasteiger charge is 2.06. The summed E-state index contributed by atoms with van der Waals surface area (Å²) in [5.74, 6) is 0.439. The summed E-state index contributed by atoms with van der Waals surface area (Å²) >= 11 is 0. The van der Waals surface area contributed by atoms with E-state index in [-0.39, 0.29) is 0 Å². The molecule has 0 aliphatic carbocycles. The first-order chi connectivity index (χ1) is 9.24. The lowest BCUT2D eigenvalue weighted by Crippen LogP contribution is -1.88. The number of aromatic nitrogens is 3. The van der Waals surface area contributed by atoms with E-state index in [0.717, 1.165) is 22.3 Å². The summed E-state index contributed by atoms with van der Waals surface area (Å²) in [5, 5.41) is 6.78. The third-order valence-corrected chi connectivity index (χ3v) is 2.75. The Morgan fingerprint density at radius 1 is 1.11 bits per heavy atom. The average Bonchev–Trinajstić information content (AvgIpc) is 2.82. The van der Waals surface area contributed by atoms with Crippen LogP contribution >= 0.6 is 0 Å². The molecule has 98 valence electrons. The Hall–Kier alpha value is -2.36. The van der Waals surface area contributed by atoms with Gasteiger partial charge in [0.1, 0.15) is 5.52 Å². The Morgan fingerprint density at radius 3 is 2.63 bits per heavy atom. The normalized spacial score (nSPS) is 10.1. The third kappa shape index (κ3) is 2.57. The molecule has 4 nitrogen and oxygen atoms in total. The number of benzene rings is 1. The van der Waals surface area contributed by atoms with Crippen molar-refractivity contribution in [1.82, 2.24) is 15.2 Å². The number of hydrogen-bond donors (Lipinski definition) is 2. The number of nitrogens with zero attached hydrogens (tertiary/aromatic N) is 2. The number of pyridine rings is 1. The van der Waals surface area contributed by atoms with Crippen LogP contribution in [0.2, 0.25) is 0 Å². The van der Waals surface area contributed by atoms with Gasteiger partial charge in [0.25, 0.3) is 0 Å². The van der Waals surface area contributed by atoms with E-state index in [4.69, 9.17) is 5.73 Å². The SMILES string of the molecule is CC.Cc1cccc(-c2ccc3[nH]nc(N)c3n2)c1. The second-order valence-electron chi connectivity index (χ2n) is 4.07. The van der Waals surface area contributed by atoms with Crippen LogP contribution in [0.3, 0.4) is 0 Å². The van der Waals surface area contributed by atoms with Crippen LogP contribution in [0.15, 0.2) is 36.4 Å². The molecule has 2 aromatic heterocycles. The number of H-pyrrole nitrogens is 1. The van der Waals surface area contributed by atoms with Gasteiger partial charge in [-0.15, -0.1) is 0 Å². The second kappa shape index (κ2) is 5.52. The lowest BCUT2D eigenvalue weighted by atomic mass is 10.1. The number of nitrogens with one attached hydrogen (secondary N) is 1. The molecule has 0 aliphatic heterocycles. The summed E-state index contributed by atoms with van der Waals surface area (Å²) in [6.07, 6.45) is 0. The molecule has 0 aliphatic rings. The van der Waals surface area contributed by atoms with Crippen molar-refractivity contribution in [2.24, 2.45) is 0 Å². The first-order valence-corrected chi connectivity index (χ1v) is 6.42. The minimum Gasteiger partial charge on any atom is -0.380 e. The molecule has 0 atom stereocenters. The maximum absolute atomic E-state index is 5.75. The van der Waals surface area contributed by atoms with Gasteiger partial charge in [0, 0.05) is 5.56 Å². The Bertz CT molecular complexity index is 685. The Morgan fingerprint density at radius 2 is 1.89 bits per heavy atom. The van der Waals surface area contributed by atoms with Gasteiger partial charge in [-0.05, 0) is 25.1 Å². The van der Waals surface area contributed by atoms with Crippen LogP contribution in [0, 0.1) is 6.92 Å². The Kier molecular flexibility index (Phi) is 3.80. The summed E-state index contributed by atoms with van der Waals surface area (Å²) in [6.45, 7) is 6.06. The number of rotatable bonds is 1. The smallest absolute Gasteiger partial charge is 0.171 e. The van der Waals surface area contributed by atoms with Gasteiger partial charge in [0.15, 0.2) is 5.82 Å². The molecule has 2 heterocycles. The van der Waals surface area contributed by atoms with E-state index in [0.29, 0.717) is 5.82 Å². The van der Waals surface area contributed by atoms with Crippen LogP contribution in [0.25, 0.3) is 22.3 Å². The fraction of sp³-hybridized carbons (Fsp3) is 0.200. The number of nitrogens with two attached hydrogens (primary N) is 1. The van der Waals surface area contributed by atoms with Crippen LogP contribution < -0.4 is 5.73 Å². The molecule has 0 radical (unpaired) electrons. The molecule has 3 rings (SSSR count). The van der Waals surface area contributed by atoms with Crippen molar-refractivity contribution in [2.45, 2.75) is 20.8 Å². The van der Waals surface area contributed by atoms with E-state index in [1.165, 1.54) is 5.56 Å². The van der Waals surface area contributed by atoms with Crippen molar-refractivity contribution in [3.05, 3.63) is 42.0 Å². The monoisotopic (exact) mass is 254 g/mol. The van der Waals surface area contributed by atoms with Gasteiger partial charge in [-0.25, -0.2) is 4.98 Å². The van der Waals surface area contributed by atoms with Crippen molar-refractivity contribution in [3.8, 4) is 11.3 Å². The number of hydrogen-bond acceptors (Lipinski definition) is 3. The minimum absolute atomic E-state index is 0.439. The van der Waals surface area contributed by atoms with Gasteiger partial charge in [-0.2, -0.15) is 5.10 Å². The summed E-state index contributed by atoms with van der Waals surface area (Å²) in [5.41, 5.74) is 10.5. The predicted molar refractivity (Wildman–Crippen MR) is 79.8 cm³/mol. The van der Waals surface area contributed by atoms with E-state index in [9.17, 15) is 0 Å². The number of fused-ring (bicyclic) bond motifs is 1. The third-order valence-electron chi connectivity index (χ3n) is 2.75. The maximum Gasteiger partial charge on any atom is 0.171 e. The zero-order chi connectivity index (χ0) is 13.8. The van der Waals surface area contributed by atoms with Crippen molar-refractivity contribution in [3.63, 3.8) is 0 Å². The summed E-state index contributed by atoms with van der Waals surface area (Å²) in [4.78, 5) is 4.53. The molecule has 4 heteroatoms. The number of nitrogen functional groups attached to an aromatic ring is 1. The second-order valence-corrected chi connectivity index (χ2v) is 4.07. The molecule has 3 N–H and O–H groups in total. The molecular formula is C15H18N4. The van der Waals surface area contributed by atoms with Crippen molar-refractivity contribution in [2.75, 3.05) is 5.73 Å². The van der Waals surface area contributed by atoms with Gasteiger partial charge in [0.05, 0.1) is 11.2 Å². The number of aryl methyl sites for hydroxylation is 1. The standard InChI is InChI=1S/C13H12N4.C2H6/c1-8-3-2-4-9(7-8)10-5-6-11-12(15-10)13(14)17-16-11;1-2/h2-7H,1H3,(H3,14,16,17);1-2H3. The predicted octanol–water partition coefficient (Wildman–Crippen LogP) is 3.54. The minimum atomic E-state index is 0.439. The highest BCUT2D eigenvalue weighted by molar-refractivity contribution is 5.86. The largest absolute Gasteiger partial charge is 0.380 e. The number of aromatic amines is 1. The van der Waals surface area contributed by atoms with Crippen molar-refractivity contribution >= 4 is 16.9 Å². The maximum atomic E-state index is 5.75. The molecule has 0 unspecified atom stereocenters. The Balaban J connectivity index is 0.000000637. The van der Waals surface area contributed by atoms with Crippen molar-refractivity contribution < 1.29 is 0 Å². The van der Waals surface area contributed by atoms with Crippen molar-refractivity contribution in [1.29, 1.82) is 0 Å². The van der Waals surface area contributed by atoms with E-state index >= 15 is 0 Å². The first kappa shape index (κ1) is 13.1. The van der Waals surface area contributed by atoms with Gasteiger partial charge in [0.2, 0.25) is 0 Å². The molecule has 0 saturated carbocycles. The fourth-order valence-electron chi connectivity index (χ4n) is 1.88. The zero-order valence-electron chi connectivity index (χ0n) is 11.4. The summed E-state index contributed by atoms with van der Waals surface area (Å²) in [7, 11) is 0. The molecule has 0 bridgehead atoms. The van der Waals surface area contributed by atoms with Gasteiger partial charge in [-0.1, -0.05) is 37.6 Å². The summed E-state index contributed by atoms with van der Waals surface area (Å²) < 4.78 is 0. The molecular weight excluding hydrogens is 236 g/mol. The van der Waals surface area contributed by atoms with E-state index in [1.807, 2.05) is 38.1 Å². The lowest BCUT2D eigenvalue weighted by Gasteiger charge is -2.02. The molecule has 19 heavy (non-hydrogen) atoms. The average molecular weight is 254 g/mol. The van der Waals surface area contributed by atoms with Crippen LogP contribution in [0.1, 0.15) is 19.4 Å². The number of anilines is 1. The summed E-state index contributed by atoms with van der Waals surface area (Å²) in [6, 6.07) is 12.1. The highest BCUT2D eigenvalue weighted by atomic mass is 15.2. The zero-order valence-corrected chi connectivity index (χ0v) is 11.4. The van der Waals surface area contributed by atoms with Crippen LogP contribution in [-0.4, -0.2) is 15.2 Å². The van der Waals surface area contributed by atoms with Crippen LogP contribution in [0.4, 0.5) is 5.82 Å². The topological polar surface area (TPSA) is 67.6 Å². The molecule has 0 fully saturated rings.